The summed E-state index contributed by atoms with van der Waals surface area (Å²) in [6.45, 7) is 6.72. The van der Waals surface area contributed by atoms with Gasteiger partial charge in [-0.3, -0.25) is 9.59 Å². The van der Waals surface area contributed by atoms with Crippen molar-refractivity contribution in [1.82, 2.24) is 0 Å². The van der Waals surface area contributed by atoms with Gasteiger partial charge < -0.3 is 29.9 Å². The fraction of sp³-hybridized carbons (Fsp3) is 0.908. The Balaban J connectivity index is -0.000000338. The van der Waals surface area contributed by atoms with Crippen LogP contribution in [-0.4, -0.2) is 138 Å². The van der Waals surface area contributed by atoms with E-state index in [-0.39, 0.29) is 86.5 Å². The van der Waals surface area contributed by atoms with Crippen molar-refractivity contribution in [3.8, 4) is 0 Å². The molecule has 10 nitrogen and oxygen atoms in total. The van der Waals surface area contributed by atoms with Crippen molar-refractivity contribution >= 4 is 91.2 Å². The number of unbranched alkanes of at least 4 members (excludes halogenated alkanes) is 47. The van der Waals surface area contributed by atoms with Gasteiger partial charge >= 0.3 is 91.2 Å². The molecule has 0 aliphatic carbocycles. The van der Waals surface area contributed by atoms with Gasteiger partial charge in [-0.2, -0.15) is 0 Å². The summed E-state index contributed by atoms with van der Waals surface area (Å²) in [5.74, 6) is -2.64. The number of carbonyl (C=O) groups excluding carboxylic acids is 2. The summed E-state index contributed by atoms with van der Waals surface area (Å²) >= 11 is 0. The van der Waals surface area contributed by atoms with E-state index < -0.39 is 24.0 Å². The van der Waals surface area contributed by atoms with Crippen LogP contribution >= 0.6 is 0 Å². The van der Waals surface area contributed by atoms with Crippen molar-refractivity contribution < 1.29 is 49.1 Å². The summed E-state index contributed by atoms with van der Waals surface area (Å²) in [4.78, 5) is 43.1. The molecule has 12 heteroatoms. The molecular formula is C65H129CaNaO10. The zero-order valence-electron chi connectivity index (χ0n) is 49.9. The van der Waals surface area contributed by atoms with Crippen LogP contribution in [0.15, 0.2) is 12.2 Å². The Hall–Kier alpha value is -0.200. The number of esters is 2. The number of aliphatic hydroxyl groups excluding tert-OH is 2. The first-order valence-corrected chi connectivity index (χ1v) is 32.4. The number of hydrogen-bond acceptors (Lipinski definition) is 8. The number of hydrogen-bond donors (Lipinski definition) is 4. The number of aliphatic hydroxyl groups is 2. The average molecular weight is 1130 g/mol. The van der Waals surface area contributed by atoms with Crippen molar-refractivity contribution in [2.24, 2.45) is 0 Å². The fourth-order valence-electron chi connectivity index (χ4n) is 9.32. The number of carbonyl (C=O) groups is 4. The van der Waals surface area contributed by atoms with Crippen molar-refractivity contribution in [2.45, 2.75) is 361 Å². The summed E-state index contributed by atoms with van der Waals surface area (Å²) in [6.07, 6.45) is 67.8. The number of aliphatic carboxylic acids is 2. The minimum absolute atomic E-state index is 0. The molecule has 0 radical (unpaired) electrons. The average Bonchev–Trinajstić information content (AvgIpc) is 3.40. The Morgan fingerprint density at radius 2 is 0.610 bits per heavy atom. The zero-order chi connectivity index (χ0) is 55.6. The van der Waals surface area contributed by atoms with Gasteiger partial charge in [-0.15, -0.1) is 0 Å². The van der Waals surface area contributed by atoms with E-state index in [1.165, 1.54) is 283 Å². The molecule has 0 aliphatic heterocycles. The van der Waals surface area contributed by atoms with Crippen molar-refractivity contribution in [1.29, 1.82) is 0 Å². The van der Waals surface area contributed by atoms with Gasteiger partial charge in [0.25, 0.3) is 0 Å². The molecule has 0 aliphatic rings. The van der Waals surface area contributed by atoms with Crippen LogP contribution in [0.25, 0.3) is 0 Å². The quantitative estimate of drug-likeness (QED) is 0.0199. The summed E-state index contributed by atoms with van der Waals surface area (Å²) in [5.41, 5.74) is 0. The maximum absolute atomic E-state index is 11.4. The summed E-state index contributed by atoms with van der Waals surface area (Å²) in [5, 5.41) is 34.7. The van der Waals surface area contributed by atoms with Gasteiger partial charge in [0.2, 0.25) is 0 Å². The van der Waals surface area contributed by atoms with Crippen molar-refractivity contribution in [3.63, 3.8) is 0 Å². The first kappa shape index (κ1) is 85.6. The van der Waals surface area contributed by atoms with E-state index in [0.717, 1.165) is 50.7 Å². The van der Waals surface area contributed by atoms with Crippen LogP contribution in [-0.2, 0) is 28.7 Å². The van der Waals surface area contributed by atoms with Crippen LogP contribution in [0.4, 0.5) is 0 Å². The van der Waals surface area contributed by atoms with Gasteiger partial charge in [-0.05, 0) is 19.3 Å². The second-order valence-corrected chi connectivity index (χ2v) is 21.9. The fourth-order valence-corrected chi connectivity index (χ4v) is 9.32. The van der Waals surface area contributed by atoms with Crippen molar-refractivity contribution in [3.05, 3.63) is 12.2 Å². The number of rotatable bonds is 58. The molecule has 0 heterocycles. The molecule has 0 saturated heterocycles. The minimum atomic E-state index is -1.13. The SMILES string of the molecule is CCCCCCCCCCCCCCCCCC(=O)O.CCCCCCCCCCCCCCCCCCCCCC(=O)OCC(O)CO.CCCCCCCCCCCCCCCCCCOC(=O)/C=C/C(=O)O.[CaH2].[NaH]. The van der Waals surface area contributed by atoms with Gasteiger partial charge in [-0.1, -0.05) is 323 Å². The van der Waals surface area contributed by atoms with Crippen LogP contribution in [0.3, 0.4) is 0 Å². The van der Waals surface area contributed by atoms with E-state index in [0.29, 0.717) is 19.4 Å². The number of carboxylic acid groups (broad SMARTS) is 2. The Morgan fingerprint density at radius 1 is 0.364 bits per heavy atom. The monoisotopic (exact) mass is 1130 g/mol. The normalized spacial score (nSPS) is 11.2. The van der Waals surface area contributed by atoms with Crippen LogP contribution in [0.5, 0.6) is 0 Å². The van der Waals surface area contributed by atoms with Crippen LogP contribution in [0, 0.1) is 0 Å². The van der Waals surface area contributed by atoms with E-state index in [4.69, 9.17) is 29.9 Å². The molecule has 1 unspecified atom stereocenters. The van der Waals surface area contributed by atoms with E-state index in [1.54, 1.807) is 0 Å². The van der Waals surface area contributed by atoms with Crippen LogP contribution in [0.2, 0.25) is 0 Å². The summed E-state index contributed by atoms with van der Waals surface area (Å²) < 4.78 is 9.81. The maximum atomic E-state index is 11.4. The molecule has 0 aromatic carbocycles. The molecule has 0 amide bonds. The number of ether oxygens (including phenoxy) is 2. The van der Waals surface area contributed by atoms with E-state index >= 15 is 0 Å². The molecule has 0 saturated carbocycles. The molecule has 4 N–H and O–H groups in total. The molecule has 0 bridgehead atoms. The predicted octanol–water partition coefficient (Wildman–Crippen LogP) is 17.9. The second-order valence-electron chi connectivity index (χ2n) is 21.9. The van der Waals surface area contributed by atoms with Crippen LogP contribution in [0.1, 0.15) is 355 Å². The molecule has 0 fully saturated rings. The standard InChI is InChI=1S/C25H50O4.C22H40O4.C18H36O2.Ca.Na.3H/c1-2-3-4-5-6-7-8-9-10-11-12-13-14-15-16-17-18-19-20-21-25(28)29-23-24(27)22-26;1-2-3-4-5-6-7-8-9-10-11-12-13-14-15-16-17-20-26-22(25)19-18-21(23)24;1-2-3-4-5-6-7-8-9-10-11-12-13-14-15-16-17-18(19)20;;;;;/h24,26-27H,2-23H2,1H3;18-19H,2-17,20H2,1H3,(H,23,24);2-17H2,1H3,(H,19,20);;;;;/b;19-18+;;;;;;. The Morgan fingerprint density at radius 3 is 0.857 bits per heavy atom. The topological polar surface area (TPSA) is 168 Å². The van der Waals surface area contributed by atoms with E-state index in [2.05, 4.69) is 20.8 Å². The molecule has 452 valence electrons. The summed E-state index contributed by atoms with van der Waals surface area (Å²) in [7, 11) is 0. The first-order valence-electron chi connectivity index (χ1n) is 32.4. The third-order valence-corrected chi connectivity index (χ3v) is 14.2. The molecule has 0 spiro atoms. The second kappa shape index (κ2) is 77.9. The molecule has 0 aromatic heterocycles. The van der Waals surface area contributed by atoms with Crippen LogP contribution < -0.4 is 0 Å². The Labute approximate surface area is 528 Å². The predicted molar refractivity (Wildman–Crippen MR) is 332 cm³/mol. The van der Waals surface area contributed by atoms with E-state index in [1.807, 2.05) is 0 Å². The van der Waals surface area contributed by atoms with Gasteiger partial charge in [0, 0.05) is 25.0 Å². The van der Waals surface area contributed by atoms with Gasteiger partial charge in [0.1, 0.15) is 12.7 Å². The molecule has 1 atom stereocenters. The molecular weight excluding hydrogens is 1000 g/mol. The zero-order valence-corrected chi connectivity index (χ0v) is 49.9. The number of carboxylic acids is 2. The third kappa shape index (κ3) is 87.2. The van der Waals surface area contributed by atoms with Crippen molar-refractivity contribution in [2.75, 3.05) is 19.8 Å². The first-order chi connectivity index (χ1) is 36.6. The van der Waals surface area contributed by atoms with E-state index in [9.17, 15) is 19.2 Å². The summed E-state index contributed by atoms with van der Waals surface area (Å²) in [6, 6.07) is 0. The third-order valence-electron chi connectivity index (χ3n) is 14.2. The Bertz CT molecular complexity index is 1190. The van der Waals surface area contributed by atoms with Gasteiger partial charge in [0.05, 0.1) is 13.2 Å². The molecule has 0 aromatic rings. The van der Waals surface area contributed by atoms with Gasteiger partial charge in [-0.25, -0.2) is 9.59 Å². The molecule has 77 heavy (non-hydrogen) atoms. The Kier molecular flexibility index (Phi) is 86.6. The van der Waals surface area contributed by atoms with Gasteiger partial charge in [0.15, 0.2) is 0 Å². The molecule has 0 rings (SSSR count).